The molecule has 0 saturated carbocycles. The van der Waals surface area contributed by atoms with E-state index in [0.29, 0.717) is 16.3 Å². The van der Waals surface area contributed by atoms with E-state index in [9.17, 15) is 4.79 Å². The number of carbonyl (C=O) groups is 1. The molecule has 1 aromatic heterocycles. The Kier molecular flexibility index (Phi) is 4.50. The number of fused-ring (bicyclic) bond motifs is 1. The van der Waals surface area contributed by atoms with Gasteiger partial charge < -0.3 is 10.1 Å². The molecule has 0 bridgehead atoms. The van der Waals surface area contributed by atoms with Gasteiger partial charge in [0, 0.05) is 15.9 Å². The first kappa shape index (κ1) is 15.8. The van der Waals surface area contributed by atoms with E-state index < -0.39 is 0 Å². The smallest absolute Gasteiger partial charge is 0.257 e. The summed E-state index contributed by atoms with van der Waals surface area (Å²) < 4.78 is 5.96. The molecule has 0 aliphatic heterocycles. The number of amides is 1. The normalized spacial score (nSPS) is 10.6. The topological polar surface area (TPSA) is 51.2 Å². The van der Waals surface area contributed by atoms with Crippen molar-refractivity contribution in [3.05, 3.63) is 63.7 Å². The predicted octanol–water partition coefficient (Wildman–Crippen LogP) is 4.91. The molecule has 0 spiro atoms. The summed E-state index contributed by atoms with van der Waals surface area (Å²) in [6, 6.07) is 12.6. The third-order valence-corrected chi connectivity index (χ3v) is 4.15. The van der Waals surface area contributed by atoms with Gasteiger partial charge in [-0.05, 0) is 36.4 Å². The maximum atomic E-state index is 12.4. The summed E-state index contributed by atoms with van der Waals surface area (Å²) in [7, 11) is 1.61. The van der Waals surface area contributed by atoms with E-state index in [0.717, 1.165) is 21.1 Å². The van der Waals surface area contributed by atoms with E-state index in [1.54, 1.807) is 31.5 Å². The van der Waals surface area contributed by atoms with Crippen molar-refractivity contribution in [2.45, 2.75) is 0 Å². The standard InChI is InChI=1S/C17H12BrClN2O2/c1-23-13-4-2-10-6-12(9-20-16(10)8-13)21-17(22)14-7-11(18)3-5-15(14)19/h2-9H,1H3,(H,21,22). The highest BCUT2D eigenvalue weighted by atomic mass is 79.9. The van der Waals surface area contributed by atoms with Crippen LogP contribution in [0.3, 0.4) is 0 Å². The number of carbonyl (C=O) groups excluding carboxylic acids is 1. The highest BCUT2D eigenvalue weighted by molar-refractivity contribution is 9.10. The van der Waals surface area contributed by atoms with Gasteiger partial charge in [0.15, 0.2) is 0 Å². The van der Waals surface area contributed by atoms with E-state index in [-0.39, 0.29) is 5.91 Å². The fourth-order valence-corrected chi connectivity index (χ4v) is 2.73. The number of rotatable bonds is 3. The molecule has 3 aromatic rings. The molecule has 2 aromatic carbocycles. The Bertz CT molecular complexity index is 899. The number of methoxy groups -OCH3 is 1. The van der Waals surface area contributed by atoms with Crippen LogP contribution in [0.2, 0.25) is 5.02 Å². The fourth-order valence-electron chi connectivity index (χ4n) is 2.17. The fraction of sp³-hybridized carbons (Fsp3) is 0.0588. The SMILES string of the molecule is COc1ccc2cc(NC(=O)c3cc(Br)ccc3Cl)cnc2c1. The van der Waals surface area contributed by atoms with Gasteiger partial charge in [-0.15, -0.1) is 0 Å². The van der Waals surface area contributed by atoms with Crippen LogP contribution in [0.5, 0.6) is 5.75 Å². The van der Waals surface area contributed by atoms with Crippen LogP contribution in [0.1, 0.15) is 10.4 Å². The molecule has 23 heavy (non-hydrogen) atoms. The number of nitrogens with one attached hydrogen (secondary N) is 1. The van der Waals surface area contributed by atoms with Gasteiger partial charge in [-0.2, -0.15) is 0 Å². The summed E-state index contributed by atoms with van der Waals surface area (Å²) in [4.78, 5) is 16.7. The minimum atomic E-state index is -0.286. The highest BCUT2D eigenvalue weighted by Crippen LogP contribution is 2.24. The quantitative estimate of drug-likeness (QED) is 0.690. The van der Waals surface area contributed by atoms with Crippen LogP contribution in [0.4, 0.5) is 5.69 Å². The van der Waals surface area contributed by atoms with Gasteiger partial charge >= 0.3 is 0 Å². The molecule has 1 N–H and O–H groups in total. The Morgan fingerprint density at radius 2 is 2.04 bits per heavy atom. The maximum absolute atomic E-state index is 12.4. The molecule has 0 saturated heterocycles. The number of ether oxygens (including phenoxy) is 1. The Balaban J connectivity index is 1.89. The van der Waals surface area contributed by atoms with Crippen LogP contribution in [-0.2, 0) is 0 Å². The molecule has 4 nitrogen and oxygen atoms in total. The van der Waals surface area contributed by atoms with Crippen molar-refractivity contribution in [3.63, 3.8) is 0 Å². The second-order valence-corrected chi connectivity index (χ2v) is 6.18. The molecule has 0 atom stereocenters. The molecule has 1 amide bonds. The number of hydrogen-bond acceptors (Lipinski definition) is 3. The molecule has 1 heterocycles. The number of hydrogen-bond donors (Lipinski definition) is 1. The minimum absolute atomic E-state index is 0.286. The molecular weight excluding hydrogens is 380 g/mol. The molecule has 0 aliphatic rings. The van der Waals surface area contributed by atoms with Gasteiger partial charge in [-0.3, -0.25) is 9.78 Å². The molecule has 116 valence electrons. The average Bonchev–Trinajstić information content (AvgIpc) is 2.56. The maximum Gasteiger partial charge on any atom is 0.257 e. The zero-order chi connectivity index (χ0) is 16.4. The molecule has 0 unspecified atom stereocenters. The Hall–Kier alpha value is -2.11. The Labute approximate surface area is 146 Å². The lowest BCUT2D eigenvalue weighted by Crippen LogP contribution is -2.12. The summed E-state index contributed by atoms with van der Waals surface area (Å²) in [5.74, 6) is 0.452. The molecule has 0 fully saturated rings. The van der Waals surface area contributed by atoms with Crippen molar-refractivity contribution in [2.24, 2.45) is 0 Å². The van der Waals surface area contributed by atoms with Gasteiger partial charge in [-0.25, -0.2) is 0 Å². The Morgan fingerprint density at radius 1 is 1.22 bits per heavy atom. The van der Waals surface area contributed by atoms with Crippen LogP contribution >= 0.6 is 27.5 Å². The van der Waals surface area contributed by atoms with Crippen LogP contribution in [-0.4, -0.2) is 18.0 Å². The lowest BCUT2D eigenvalue weighted by Gasteiger charge is -2.08. The van der Waals surface area contributed by atoms with Gasteiger partial charge in [0.2, 0.25) is 0 Å². The van der Waals surface area contributed by atoms with Crippen molar-refractivity contribution >= 4 is 50.0 Å². The molecule has 6 heteroatoms. The van der Waals surface area contributed by atoms with E-state index in [1.165, 1.54) is 0 Å². The Morgan fingerprint density at radius 3 is 2.83 bits per heavy atom. The number of benzene rings is 2. The summed E-state index contributed by atoms with van der Waals surface area (Å²) in [6.07, 6.45) is 1.60. The zero-order valence-electron chi connectivity index (χ0n) is 12.1. The molecular formula is C17H12BrClN2O2. The molecule has 3 rings (SSSR count). The average molecular weight is 392 g/mol. The molecule has 0 aliphatic carbocycles. The van der Waals surface area contributed by atoms with E-state index in [2.05, 4.69) is 26.2 Å². The van der Waals surface area contributed by atoms with Gasteiger partial charge in [0.05, 0.1) is 35.1 Å². The van der Waals surface area contributed by atoms with E-state index >= 15 is 0 Å². The van der Waals surface area contributed by atoms with Crippen molar-refractivity contribution < 1.29 is 9.53 Å². The minimum Gasteiger partial charge on any atom is -0.497 e. The summed E-state index contributed by atoms with van der Waals surface area (Å²) in [5, 5.41) is 4.11. The number of halogens is 2. The van der Waals surface area contributed by atoms with Crippen LogP contribution < -0.4 is 10.1 Å². The lowest BCUT2D eigenvalue weighted by molar-refractivity contribution is 0.102. The second kappa shape index (κ2) is 6.56. The number of nitrogens with zero attached hydrogens (tertiary/aromatic N) is 1. The van der Waals surface area contributed by atoms with Crippen LogP contribution in [0.15, 0.2) is 53.1 Å². The third kappa shape index (κ3) is 3.46. The van der Waals surface area contributed by atoms with Crippen molar-refractivity contribution in [2.75, 3.05) is 12.4 Å². The lowest BCUT2D eigenvalue weighted by atomic mass is 10.2. The zero-order valence-corrected chi connectivity index (χ0v) is 14.5. The summed E-state index contributed by atoms with van der Waals surface area (Å²) >= 11 is 9.41. The van der Waals surface area contributed by atoms with Crippen LogP contribution in [0, 0.1) is 0 Å². The highest BCUT2D eigenvalue weighted by Gasteiger charge is 2.12. The number of pyridine rings is 1. The van der Waals surface area contributed by atoms with E-state index in [1.807, 2.05) is 24.3 Å². The number of aromatic nitrogens is 1. The first-order valence-corrected chi connectivity index (χ1v) is 7.94. The second-order valence-electron chi connectivity index (χ2n) is 4.86. The third-order valence-electron chi connectivity index (χ3n) is 3.32. The summed E-state index contributed by atoms with van der Waals surface area (Å²) in [6.45, 7) is 0. The molecule has 0 radical (unpaired) electrons. The first-order valence-electron chi connectivity index (χ1n) is 6.77. The first-order chi connectivity index (χ1) is 11.1. The van der Waals surface area contributed by atoms with E-state index in [4.69, 9.17) is 16.3 Å². The van der Waals surface area contributed by atoms with Crippen molar-refractivity contribution in [1.29, 1.82) is 0 Å². The van der Waals surface area contributed by atoms with Crippen molar-refractivity contribution in [1.82, 2.24) is 4.98 Å². The van der Waals surface area contributed by atoms with Gasteiger partial charge in [-0.1, -0.05) is 27.5 Å². The van der Waals surface area contributed by atoms with Crippen molar-refractivity contribution in [3.8, 4) is 5.75 Å². The predicted molar refractivity (Wildman–Crippen MR) is 95.4 cm³/mol. The van der Waals surface area contributed by atoms with Gasteiger partial charge in [0.1, 0.15) is 5.75 Å². The van der Waals surface area contributed by atoms with Gasteiger partial charge in [0.25, 0.3) is 5.91 Å². The summed E-state index contributed by atoms with van der Waals surface area (Å²) in [5.41, 5.74) is 1.79. The number of anilines is 1. The largest absolute Gasteiger partial charge is 0.497 e. The van der Waals surface area contributed by atoms with Crippen LogP contribution in [0.25, 0.3) is 10.9 Å². The monoisotopic (exact) mass is 390 g/mol.